The van der Waals surface area contributed by atoms with E-state index in [1.165, 1.54) is 56.4 Å². The van der Waals surface area contributed by atoms with Crippen LogP contribution in [0.25, 0.3) is 0 Å². The summed E-state index contributed by atoms with van der Waals surface area (Å²) in [4.78, 5) is 20.5. The van der Waals surface area contributed by atoms with Crippen LogP contribution in [0.2, 0.25) is 0 Å². The Morgan fingerprint density at radius 2 is 2.04 bits per heavy atom. The van der Waals surface area contributed by atoms with Crippen LogP contribution in [0, 0.1) is 6.92 Å². The van der Waals surface area contributed by atoms with Crippen molar-refractivity contribution >= 4 is 17.2 Å². The summed E-state index contributed by atoms with van der Waals surface area (Å²) in [5.41, 5.74) is 2.94. The highest BCUT2D eigenvalue weighted by atomic mass is 32.1. The molecule has 2 aliphatic rings. The number of hydrogen-bond acceptors (Lipinski definition) is 4. The second-order valence-corrected chi connectivity index (χ2v) is 8.35. The fraction of sp³-hybridized carbons (Fsp3) is 0.789. The van der Waals surface area contributed by atoms with E-state index in [-0.39, 0.29) is 5.91 Å². The van der Waals surface area contributed by atoms with Gasteiger partial charge in [0.2, 0.25) is 5.91 Å². The molecule has 134 valence electrons. The Hall–Kier alpha value is -0.940. The third-order valence-corrected chi connectivity index (χ3v) is 6.58. The largest absolute Gasteiger partial charge is 0.352 e. The Balaban J connectivity index is 1.44. The van der Waals surface area contributed by atoms with Gasteiger partial charge in [0, 0.05) is 29.9 Å². The average Bonchev–Trinajstić information content (AvgIpc) is 2.83. The Bertz CT molecular complexity index is 522. The van der Waals surface area contributed by atoms with Gasteiger partial charge in [0.05, 0.1) is 11.2 Å². The SMILES string of the molecule is Cc1ncsc1CCC(=O)NC1CCCN(C2CCCCCC2)C1. The maximum atomic E-state index is 12.3. The molecule has 0 bridgehead atoms. The number of rotatable bonds is 5. The number of amides is 1. The first kappa shape index (κ1) is 17.9. The van der Waals surface area contributed by atoms with E-state index in [9.17, 15) is 4.79 Å². The Labute approximate surface area is 150 Å². The predicted octanol–water partition coefficient (Wildman–Crippen LogP) is 3.69. The number of nitrogens with zero attached hydrogens (tertiary/aromatic N) is 2. The minimum atomic E-state index is 0.204. The van der Waals surface area contributed by atoms with E-state index in [1.54, 1.807) is 11.3 Å². The summed E-state index contributed by atoms with van der Waals surface area (Å²) in [6.07, 6.45) is 12.0. The van der Waals surface area contributed by atoms with Crippen LogP contribution in [-0.4, -0.2) is 41.0 Å². The molecule has 0 radical (unpaired) electrons. The summed E-state index contributed by atoms with van der Waals surface area (Å²) in [6.45, 7) is 4.29. The third kappa shape index (κ3) is 5.03. The first-order chi connectivity index (χ1) is 11.7. The second kappa shape index (κ2) is 8.95. The van der Waals surface area contributed by atoms with E-state index in [0.717, 1.165) is 31.1 Å². The zero-order chi connectivity index (χ0) is 16.8. The van der Waals surface area contributed by atoms with Crippen molar-refractivity contribution in [3.05, 3.63) is 16.1 Å². The maximum Gasteiger partial charge on any atom is 0.220 e. The zero-order valence-corrected chi connectivity index (χ0v) is 15.7. The van der Waals surface area contributed by atoms with Crippen LogP contribution in [0.15, 0.2) is 5.51 Å². The van der Waals surface area contributed by atoms with Crippen molar-refractivity contribution in [2.24, 2.45) is 0 Å². The van der Waals surface area contributed by atoms with Gasteiger partial charge in [0.15, 0.2) is 0 Å². The van der Waals surface area contributed by atoms with E-state index in [2.05, 4.69) is 15.2 Å². The molecule has 1 unspecified atom stereocenters. The summed E-state index contributed by atoms with van der Waals surface area (Å²) < 4.78 is 0. The molecule has 1 saturated heterocycles. The Morgan fingerprint density at radius 3 is 2.75 bits per heavy atom. The number of piperidine rings is 1. The number of aryl methyl sites for hydroxylation is 2. The van der Waals surface area contributed by atoms with E-state index in [1.807, 2.05) is 12.4 Å². The topological polar surface area (TPSA) is 45.2 Å². The minimum Gasteiger partial charge on any atom is -0.352 e. The zero-order valence-electron chi connectivity index (χ0n) is 14.9. The van der Waals surface area contributed by atoms with Crippen molar-refractivity contribution in [3.63, 3.8) is 0 Å². The van der Waals surface area contributed by atoms with Crippen molar-refractivity contribution in [1.29, 1.82) is 0 Å². The van der Waals surface area contributed by atoms with E-state index < -0.39 is 0 Å². The molecule has 2 fully saturated rings. The molecule has 1 amide bonds. The van der Waals surface area contributed by atoms with Gasteiger partial charge in [-0.3, -0.25) is 9.69 Å². The number of hydrogen-bond donors (Lipinski definition) is 1. The number of carbonyl (C=O) groups is 1. The molecule has 1 atom stereocenters. The van der Waals surface area contributed by atoms with Gasteiger partial charge in [0.1, 0.15) is 0 Å². The molecule has 1 aliphatic carbocycles. The summed E-state index contributed by atoms with van der Waals surface area (Å²) in [5.74, 6) is 0.204. The monoisotopic (exact) mass is 349 g/mol. The molecular weight excluding hydrogens is 318 g/mol. The molecule has 2 heterocycles. The minimum absolute atomic E-state index is 0.204. The number of nitrogens with one attached hydrogen (secondary N) is 1. The van der Waals surface area contributed by atoms with Gasteiger partial charge in [-0.05, 0) is 45.6 Å². The molecule has 1 aliphatic heterocycles. The van der Waals surface area contributed by atoms with E-state index >= 15 is 0 Å². The summed E-state index contributed by atoms with van der Waals surface area (Å²) in [6, 6.07) is 1.10. The number of likely N-dealkylation sites (tertiary alicyclic amines) is 1. The quantitative estimate of drug-likeness (QED) is 0.825. The molecule has 4 nitrogen and oxygen atoms in total. The molecule has 3 rings (SSSR count). The van der Waals surface area contributed by atoms with Crippen molar-refractivity contribution in [2.75, 3.05) is 13.1 Å². The van der Waals surface area contributed by atoms with Gasteiger partial charge in [-0.1, -0.05) is 25.7 Å². The van der Waals surface area contributed by atoms with E-state index in [4.69, 9.17) is 0 Å². The standard InChI is InChI=1S/C19H31N3OS/c1-15-18(24-14-20-15)10-11-19(23)21-16-7-6-12-22(13-16)17-8-4-2-3-5-9-17/h14,16-17H,2-13H2,1H3,(H,21,23). The smallest absolute Gasteiger partial charge is 0.220 e. The van der Waals surface area contributed by atoms with E-state index in [0.29, 0.717) is 12.5 Å². The normalized spacial score (nSPS) is 23.8. The number of carbonyl (C=O) groups excluding carboxylic acids is 1. The third-order valence-electron chi connectivity index (χ3n) is 5.58. The first-order valence-electron chi connectivity index (χ1n) is 9.65. The van der Waals surface area contributed by atoms with Crippen LogP contribution in [0.5, 0.6) is 0 Å². The van der Waals surface area contributed by atoms with Crippen molar-refractivity contribution in [3.8, 4) is 0 Å². The molecule has 1 N–H and O–H groups in total. The fourth-order valence-electron chi connectivity index (χ4n) is 4.17. The van der Waals surface area contributed by atoms with Gasteiger partial charge in [-0.15, -0.1) is 11.3 Å². The highest BCUT2D eigenvalue weighted by Gasteiger charge is 2.27. The molecular formula is C19H31N3OS. The lowest BCUT2D eigenvalue weighted by molar-refractivity contribution is -0.122. The predicted molar refractivity (Wildman–Crippen MR) is 99.4 cm³/mol. The molecule has 0 aromatic carbocycles. The lowest BCUT2D eigenvalue weighted by atomic mass is 9.99. The fourth-order valence-corrected chi connectivity index (χ4v) is 4.95. The molecule has 1 aromatic rings. The van der Waals surface area contributed by atoms with Crippen molar-refractivity contribution in [2.45, 2.75) is 83.2 Å². The molecule has 24 heavy (non-hydrogen) atoms. The molecule has 1 saturated carbocycles. The number of thiazole rings is 1. The van der Waals surface area contributed by atoms with Crippen molar-refractivity contribution < 1.29 is 4.79 Å². The number of aromatic nitrogens is 1. The Kier molecular flexibility index (Phi) is 6.67. The average molecular weight is 350 g/mol. The molecule has 0 spiro atoms. The van der Waals surface area contributed by atoms with Gasteiger partial charge >= 0.3 is 0 Å². The summed E-state index contributed by atoms with van der Waals surface area (Å²) in [7, 11) is 0. The second-order valence-electron chi connectivity index (χ2n) is 7.41. The van der Waals surface area contributed by atoms with Gasteiger partial charge in [-0.25, -0.2) is 4.98 Å². The first-order valence-corrected chi connectivity index (χ1v) is 10.5. The molecule has 5 heteroatoms. The highest BCUT2D eigenvalue weighted by molar-refractivity contribution is 7.09. The van der Waals surface area contributed by atoms with Crippen LogP contribution in [0.4, 0.5) is 0 Å². The maximum absolute atomic E-state index is 12.3. The molecule has 1 aromatic heterocycles. The van der Waals surface area contributed by atoms with Gasteiger partial charge in [0.25, 0.3) is 0 Å². The van der Waals surface area contributed by atoms with Crippen LogP contribution < -0.4 is 5.32 Å². The van der Waals surface area contributed by atoms with Gasteiger partial charge in [-0.2, -0.15) is 0 Å². The lowest BCUT2D eigenvalue weighted by Crippen LogP contribution is -2.50. The summed E-state index contributed by atoms with van der Waals surface area (Å²) >= 11 is 1.66. The highest BCUT2D eigenvalue weighted by Crippen LogP contribution is 2.24. The van der Waals surface area contributed by atoms with Crippen LogP contribution in [0.3, 0.4) is 0 Å². The lowest BCUT2D eigenvalue weighted by Gasteiger charge is -2.38. The van der Waals surface area contributed by atoms with Crippen LogP contribution >= 0.6 is 11.3 Å². The van der Waals surface area contributed by atoms with Crippen LogP contribution in [-0.2, 0) is 11.2 Å². The summed E-state index contributed by atoms with van der Waals surface area (Å²) in [5, 5.41) is 3.29. The van der Waals surface area contributed by atoms with Gasteiger partial charge < -0.3 is 5.32 Å². The van der Waals surface area contributed by atoms with Crippen LogP contribution in [0.1, 0.15) is 68.4 Å². The van der Waals surface area contributed by atoms with Crippen molar-refractivity contribution in [1.82, 2.24) is 15.2 Å². The Morgan fingerprint density at radius 1 is 1.25 bits per heavy atom.